The molecule has 1 aliphatic heterocycles. The summed E-state index contributed by atoms with van der Waals surface area (Å²) in [4.78, 5) is 17.5. The Morgan fingerprint density at radius 1 is 1.00 bits per heavy atom. The number of aliphatic imine (C=N–C) groups is 1. The predicted molar refractivity (Wildman–Crippen MR) is 87.4 cm³/mol. The van der Waals surface area contributed by atoms with Crippen LogP contribution in [-0.2, 0) is 10.3 Å². The fourth-order valence-corrected chi connectivity index (χ4v) is 3.18. The van der Waals surface area contributed by atoms with Crippen molar-refractivity contribution < 1.29 is 4.79 Å². The smallest absolute Gasteiger partial charge is 0.263 e. The van der Waals surface area contributed by atoms with Crippen LogP contribution in [0.4, 0.5) is 0 Å². The number of hydrogen-bond acceptors (Lipinski definition) is 3. The molecular weight excluding hydrogens is 280 g/mol. The maximum absolute atomic E-state index is 12.7. The summed E-state index contributed by atoms with van der Waals surface area (Å²) in [5.74, 6) is 0.787. The fraction of sp³-hybridized carbons (Fsp3) is 0.176. The molecule has 0 aromatic heterocycles. The van der Waals surface area contributed by atoms with Gasteiger partial charge in [-0.1, -0.05) is 79.3 Å². The summed E-state index contributed by atoms with van der Waals surface area (Å²) in [5.41, 5.74) is 0.806. The highest BCUT2D eigenvalue weighted by Crippen LogP contribution is 2.38. The number of amides is 1. The molecule has 106 valence electrons. The second-order valence-corrected chi connectivity index (χ2v) is 6.00. The number of carbonyl (C=O) groups is 1. The van der Waals surface area contributed by atoms with Gasteiger partial charge in [-0.2, -0.15) is 0 Å². The molecule has 0 unspecified atom stereocenters. The average Bonchev–Trinajstić information content (AvgIpc) is 2.87. The van der Waals surface area contributed by atoms with Gasteiger partial charge in [0.15, 0.2) is 10.7 Å². The van der Waals surface area contributed by atoms with Gasteiger partial charge < -0.3 is 5.32 Å². The molecule has 0 saturated heterocycles. The van der Waals surface area contributed by atoms with Gasteiger partial charge in [0.2, 0.25) is 0 Å². The van der Waals surface area contributed by atoms with E-state index in [1.54, 1.807) is 11.8 Å². The van der Waals surface area contributed by atoms with Crippen LogP contribution in [0.15, 0.2) is 65.7 Å². The Balaban J connectivity index is 2.19. The van der Waals surface area contributed by atoms with Crippen LogP contribution >= 0.6 is 11.8 Å². The number of carbonyl (C=O) groups excluding carboxylic acids is 1. The first-order valence-electron chi connectivity index (χ1n) is 6.92. The summed E-state index contributed by atoms with van der Waals surface area (Å²) in [5, 5.41) is 3.61. The molecule has 4 heteroatoms. The van der Waals surface area contributed by atoms with Crippen LogP contribution in [0, 0.1) is 0 Å². The van der Waals surface area contributed by atoms with Crippen molar-refractivity contribution in [2.75, 3.05) is 5.75 Å². The third-order valence-corrected chi connectivity index (χ3v) is 4.24. The molecule has 1 heterocycles. The minimum absolute atomic E-state index is 0.0872. The van der Waals surface area contributed by atoms with Crippen LogP contribution in [0.3, 0.4) is 0 Å². The van der Waals surface area contributed by atoms with E-state index < -0.39 is 5.54 Å². The third kappa shape index (κ3) is 2.36. The average molecular weight is 296 g/mol. The van der Waals surface area contributed by atoms with E-state index in [2.05, 4.69) is 5.32 Å². The Morgan fingerprint density at radius 3 is 2.00 bits per heavy atom. The number of nitrogens with one attached hydrogen (secondary N) is 1. The molecule has 1 aliphatic rings. The Hall–Kier alpha value is -2.07. The number of amidine groups is 1. The topological polar surface area (TPSA) is 41.5 Å². The zero-order valence-corrected chi connectivity index (χ0v) is 12.6. The molecule has 0 saturated carbocycles. The molecular formula is C17H16N2OS. The summed E-state index contributed by atoms with van der Waals surface area (Å²) in [6.45, 7) is 2.05. The van der Waals surface area contributed by atoms with E-state index in [4.69, 9.17) is 4.99 Å². The molecule has 0 spiro atoms. The molecule has 3 nitrogen and oxygen atoms in total. The molecule has 0 aliphatic carbocycles. The minimum atomic E-state index is -0.972. The molecule has 2 aromatic carbocycles. The third-order valence-electron chi connectivity index (χ3n) is 3.48. The van der Waals surface area contributed by atoms with Gasteiger partial charge in [-0.15, -0.1) is 0 Å². The lowest BCUT2D eigenvalue weighted by Crippen LogP contribution is -2.38. The standard InChI is InChI=1S/C17H16N2OS/c1-2-21-16-18-15(20)17(19-16,13-9-5-3-6-10-13)14-11-7-4-8-12-14/h3-12H,2H2,1H3,(H,18,19,20). The van der Waals surface area contributed by atoms with Crippen LogP contribution < -0.4 is 5.32 Å². The van der Waals surface area contributed by atoms with Crippen molar-refractivity contribution in [2.45, 2.75) is 12.5 Å². The van der Waals surface area contributed by atoms with E-state index in [1.165, 1.54) is 0 Å². The number of benzene rings is 2. The van der Waals surface area contributed by atoms with Gasteiger partial charge in [-0.05, 0) is 16.9 Å². The zero-order chi connectivity index (χ0) is 14.7. The molecule has 1 amide bonds. The van der Waals surface area contributed by atoms with Gasteiger partial charge in [0.1, 0.15) is 0 Å². The quantitative estimate of drug-likeness (QED) is 0.945. The van der Waals surface area contributed by atoms with Crippen molar-refractivity contribution >= 4 is 22.8 Å². The highest BCUT2D eigenvalue weighted by molar-refractivity contribution is 8.13. The highest BCUT2D eigenvalue weighted by Gasteiger charge is 2.46. The van der Waals surface area contributed by atoms with Gasteiger partial charge in [0.05, 0.1) is 0 Å². The summed E-state index contributed by atoms with van der Waals surface area (Å²) in [6, 6.07) is 19.5. The first-order valence-corrected chi connectivity index (χ1v) is 7.91. The van der Waals surface area contributed by atoms with E-state index in [0.29, 0.717) is 5.17 Å². The monoisotopic (exact) mass is 296 g/mol. The lowest BCUT2D eigenvalue weighted by atomic mass is 9.83. The second-order valence-electron chi connectivity index (χ2n) is 4.75. The number of hydrogen-bond donors (Lipinski definition) is 1. The first-order chi connectivity index (χ1) is 10.3. The summed E-state index contributed by atoms with van der Waals surface area (Å²) >= 11 is 1.55. The van der Waals surface area contributed by atoms with Crippen LogP contribution in [-0.4, -0.2) is 16.8 Å². The molecule has 3 rings (SSSR count). The maximum atomic E-state index is 12.7. The van der Waals surface area contributed by atoms with Gasteiger partial charge in [0, 0.05) is 0 Å². The van der Waals surface area contributed by atoms with Crippen molar-refractivity contribution in [1.29, 1.82) is 0 Å². The molecule has 0 radical (unpaired) electrons. The van der Waals surface area contributed by atoms with E-state index in [0.717, 1.165) is 16.9 Å². The molecule has 0 fully saturated rings. The van der Waals surface area contributed by atoms with Crippen LogP contribution in [0.5, 0.6) is 0 Å². The second kappa shape index (κ2) is 5.74. The van der Waals surface area contributed by atoms with Gasteiger partial charge >= 0.3 is 0 Å². The fourth-order valence-electron chi connectivity index (χ4n) is 2.54. The van der Waals surface area contributed by atoms with Crippen molar-refractivity contribution in [1.82, 2.24) is 5.32 Å². The van der Waals surface area contributed by atoms with E-state index in [9.17, 15) is 4.79 Å². The normalized spacial score (nSPS) is 16.4. The van der Waals surface area contributed by atoms with Crippen molar-refractivity contribution in [2.24, 2.45) is 4.99 Å². The largest absolute Gasteiger partial charge is 0.303 e. The van der Waals surface area contributed by atoms with Gasteiger partial charge in [-0.3, -0.25) is 4.79 Å². The first kappa shape index (κ1) is 13.9. The van der Waals surface area contributed by atoms with Crippen LogP contribution in [0.1, 0.15) is 18.1 Å². The van der Waals surface area contributed by atoms with Crippen LogP contribution in [0.25, 0.3) is 0 Å². The van der Waals surface area contributed by atoms with Crippen molar-refractivity contribution in [3.8, 4) is 0 Å². The number of thioether (sulfide) groups is 1. The highest BCUT2D eigenvalue weighted by atomic mass is 32.2. The lowest BCUT2D eigenvalue weighted by molar-refractivity contribution is -0.122. The summed E-state index contributed by atoms with van der Waals surface area (Å²) in [6.07, 6.45) is 0. The van der Waals surface area contributed by atoms with Crippen molar-refractivity contribution in [3.05, 3.63) is 71.8 Å². The Morgan fingerprint density at radius 2 is 1.52 bits per heavy atom. The zero-order valence-electron chi connectivity index (χ0n) is 11.7. The van der Waals surface area contributed by atoms with Crippen molar-refractivity contribution in [3.63, 3.8) is 0 Å². The van der Waals surface area contributed by atoms with Crippen LogP contribution in [0.2, 0.25) is 0 Å². The predicted octanol–water partition coefficient (Wildman–Crippen LogP) is 3.17. The summed E-state index contributed by atoms with van der Waals surface area (Å²) < 4.78 is 0. The number of rotatable bonds is 3. The molecule has 0 bridgehead atoms. The number of nitrogens with zero attached hydrogens (tertiary/aromatic N) is 1. The minimum Gasteiger partial charge on any atom is -0.303 e. The molecule has 1 N–H and O–H groups in total. The summed E-state index contributed by atoms with van der Waals surface area (Å²) in [7, 11) is 0. The SMILES string of the molecule is CCSC1=NC(c2ccccc2)(c2ccccc2)C(=O)N1. The lowest BCUT2D eigenvalue weighted by Gasteiger charge is -2.24. The maximum Gasteiger partial charge on any atom is 0.263 e. The van der Waals surface area contributed by atoms with E-state index in [1.807, 2.05) is 67.6 Å². The Bertz CT molecular complexity index is 628. The molecule has 21 heavy (non-hydrogen) atoms. The van der Waals surface area contributed by atoms with E-state index >= 15 is 0 Å². The van der Waals surface area contributed by atoms with Gasteiger partial charge in [0.25, 0.3) is 5.91 Å². The Kier molecular flexibility index (Phi) is 3.80. The molecule has 0 atom stereocenters. The molecule has 2 aromatic rings. The van der Waals surface area contributed by atoms with E-state index in [-0.39, 0.29) is 5.91 Å². The van der Waals surface area contributed by atoms with Gasteiger partial charge in [-0.25, -0.2) is 4.99 Å². The Labute approximate surface area is 128 Å².